The Kier molecular flexibility index (Phi) is 7.21. The van der Waals surface area contributed by atoms with Gasteiger partial charge >= 0.3 is 0 Å². The van der Waals surface area contributed by atoms with Crippen molar-refractivity contribution < 1.29 is 18.7 Å². The molecule has 0 aromatic heterocycles. The Morgan fingerprint density at radius 3 is 2.13 bits per heavy atom. The number of rotatable bonds is 5. The van der Waals surface area contributed by atoms with Gasteiger partial charge in [0.05, 0.1) is 5.92 Å². The van der Waals surface area contributed by atoms with Gasteiger partial charge in [-0.05, 0) is 53.9 Å². The number of halogens is 3. The number of aliphatic hydroxyl groups is 1. The largest absolute Gasteiger partial charge is 0.384 e. The lowest BCUT2D eigenvalue weighted by Crippen LogP contribution is -2.52. The molecule has 3 aromatic carbocycles. The monoisotopic (exact) mass is 443 g/mol. The fourth-order valence-corrected chi connectivity index (χ4v) is 4.19. The van der Waals surface area contributed by atoms with E-state index in [2.05, 4.69) is 4.90 Å². The van der Waals surface area contributed by atoms with Gasteiger partial charge in [-0.15, -0.1) is 12.4 Å². The Balaban J connectivity index is 0.00000272. The third kappa shape index (κ3) is 5.01. The molecule has 162 valence electrons. The lowest BCUT2D eigenvalue weighted by molar-refractivity contribution is -0.0659. The topological polar surface area (TPSA) is 40.5 Å². The van der Waals surface area contributed by atoms with E-state index in [-0.39, 0.29) is 18.2 Å². The molecule has 1 aliphatic heterocycles. The zero-order valence-electron chi connectivity index (χ0n) is 16.9. The third-order valence-corrected chi connectivity index (χ3v) is 5.86. The molecular weight excluding hydrogens is 420 g/mol. The molecule has 0 bridgehead atoms. The van der Waals surface area contributed by atoms with Crippen LogP contribution in [0.25, 0.3) is 0 Å². The number of Topliss-reactive ketones (excluding diaryl/α,β-unsaturated/α-hetero) is 1. The van der Waals surface area contributed by atoms with Crippen LogP contribution in [0.2, 0.25) is 0 Å². The quantitative estimate of drug-likeness (QED) is 0.565. The van der Waals surface area contributed by atoms with E-state index in [1.54, 1.807) is 0 Å². The Morgan fingerprint density at radius 1 is 0.935 bits per heavy atom. The summed E-state index contributed by atoms with van der Waals surface area (Å²) in [6, 6.07) is 21.0. The minimum Gasteiger partial charge on any atom is -0.384 e. The number of hydrogen-bond donors (Lipinski definition) is 1. The van der Waals surface area contributed by atoms with E-state index >= 15 is 0 Å². The van der Waals surface area contributed by atoms with E-state index < -0.39 is 23.2 Å². The van der Waals surface area contributed by atoms with Crippen LogP contribution in [-0.2, 0) is 12.1 Å². The molecule has 1 heterocycles. The molecule has 3 aromatic rings. The maximum atomic E-state index is 13.4. The predicted molar refractivity (Wildman–Crippen MR) is 118 cm³/mol. The normalized spacial score (nSPS) is 21.3. The number of likely N-dealkylation sites (tertiary alicyclic amines) is 1. The van der Waals surface area contributed by atoms with E-state index in [0.717, 1.165) is 5.56 Å². The SMILES string of the molecule is Cl.O=C(c1ccc(F)cc1)C1CN(Cc2ccccc2)CCC1(O)c1ccc(F)cc1. The van der Waals surface area contributed by atoms with E-state index in [1.165, 1.54) is 48.5 Å². The van der Waals surface area contributed by atoms with Crippen LogP contribution in [0.3, 0.4) is 0 Å². The Bertz CT molecular complexity index is 1010. The van der Waals surface area contributed by atoms with Crippen LogP contribution in [0.15, 0.2) is 78.9 Å². The molecule has 0 saturated carbocycles. The highest BCUT2D eigenvalue weighted by Gasteiger charge is 2.46. The summed E-state index contributed by atoms with van der Waals surface area (Å²) in [4.78, 5) is 15.5. The fraction of sp³-hybridized carbons (Fsp3) is 0.240. The summed E-state index contributed by atoms with van der Waals surface area (Å²) in [7, 11) is 0. The number of ketones is 1. The number of piperidine rings is 1. The summed E-state index contributed by atoms with van der Waals surface area (Å²) in [6.45, 7) is 1.60. The van der Waals surface area contributed by atoms with Gasteiger partial charge in [0.1, 0.15) is 17.2 Å². The molecule has 2 unspecified atom stereocenters. The van der Waals surface area contributed by atoms with Crippen LogP contribution in [0, 0.1) is 17.6 Å². The second-order valence-corrected chi connectivity index (χ2v) is 7.83. The van der Waals surface area contributed by atoms with E-state index in [1.807, 2.05) is 30.3 Å². The number of benzene rings is 3. The molecule has 2 atom stereocenters. The molecule has 0 spiro atoms. The van der Waals surface area contributed by atoms with Crippen LogP contribution in [-0.4, -0.2) is 28.9 Å². The third-order valence-electron chi connectivity index (χ3n) is 5.86. The zero-order chi connectivity index (χ0) is 21.1. The lowest BCUT2D eigenvalue weighted by Gasteiger charge is -2.44. The highest BCUT2D eigenvalue weighted by Crippen LogP contribution is 2.39. The number of hydrogen-bond acceptors (Lipinski definition) is 3. The molecule has 0 amide bonds. The van der Waals surface area contributed by atoms with E-state index in [0.29, 0.717) is 37.2 Å². The second-order valence-electron chi connectivity index (χ2n) is 7.83. The average molecular weight is 444 g/mol. The average Bonchev–Trinajstić information content (AvgIpc) is 2.76. The van der Waals surface area contributed by atoms with Gasteiger partial charge < -0.3 is 5.11 Å². The van der Waals surface area contributed by atoms with Crippen LogP contribution in [0.1, 0.15) is 27.9 Å². The number of carbonyl (C=O) groups excluding carboxylic acids is 1. The minimum absolute atomic E-state index is 0. The Morgan fingerprint density at radius 2 is 1.52 bits per heavy atom. The van der Waals surface area contributed by atoms with Crippen molar-refractivity contribution in [2.24, 2.45) is 5.92 Å². The van der Waals surface area contributed by atoms with Crippen molar-refractivity contribution in [2.45, 2.75) is 18.6 Å². The van der Waals surface area contributed by atoms with Gasteiger partial charge in [-0.1, -0.05) is 42.5 Å². The van der Waals surface area contributed by atoms with Gasteiger partial charge in [0, 0.05) is 25.2 Å². The van der Waals surface area contributed by atoms with Crippen molar-refractivity contribution in [1.29, 1.82) is 0 Å². The first-order valence-electron chi connectivity index (χ1n) is 10.0. The number of carbonyl (C=O) groups is 1. The zero-order valence-corrected chi connectivity index (χ0v) is 17.7. The van der Waals surface area contributed by atoms with Crippen LogP contribution >= 0.6 is 12.4 Å². The van der Waals surface area contributed by atoms with Gasteiger partial charge in [0.15, 0.2) is 5.78 Å². The summed E-state index contributed by atoms with van der Waals surface area (Å²) in [6.07, 6.45) is 0.336. The molecule has 1 saturated heterocycles. The molecule has 0 aliphatic carbocycles. The predicted octanol–water partition coefficient (Wildman–Crippen LogP) is 4.98. The number of nitrogens with zero attached hydrogens (tertiary/aromatic N) is 1. The first-order valence-corrected chi connectivity index (χ1v) is 10.0. The molecule has 1 N–H and O–H groups in total. The van der Waals surface area contributed by atoms with Crippen molar-refractivity contribution >= 4 is 18.2 Å². The molecule has 4 rings (SSSR count). The van der Waals surface area contributed by atoms with E-state index in [4.69, 9.17) is 0 Å². The van der Waals surface area contributed by atoms with E-state index in [9.17, 15) is 18.7 Å². The van der Waals surface area contributed by atoms with Crippen LogP contribution in [0.4, 0.5) is 8.78 Å². The molecule has 1 aliphatic rings. The standard InChI is InChI=1S/C25H23F2NO2.ClH/c26-21-10-6-19(7-11-21)24(29)23-17-28(16-18-4-2-1-3-5-18)15-14-25(23,30)20-8-12-22(27)13-9-20;/h1-13,23,30H,14-17H2;1H. The minimum atomic E-state index is -1.42. The van der Waals surface area contributed by atoms with Crippen molar-refractivity contribution in [2.75, 3.05) is 13.1 Å². The van der Waals surface area contributed by atoms with Gasteiger partial charge in [0.25, 0.3) is 0 Å². The smallest absolute Gasteiger partial charge is 0.170 e. The first kappa shape index (κ1) is 23.1. The van der Waals surface area contributed by atoms with Gasteiger partial charge in [0.2, 0.25) is 0 Å². The van der Waals surface area contributed by atoms with Gasteiger partial charge in [-0.25, -0.2) is 8.78 Å². The van der Waals surface area contributed by atoms with Crippen molar-refractivity contribution in [3.63, 3.8) is 0 Å². The van der Waals surface area contributed by atoms with Crippen molar-refractivity contribution in [3.8, 4) is 0 Å². The molecule has 3 nitrogen and oxygen atoms in total. The van der Waals surface area contributed by atoms with Crippen molar-refractivity contribution in [3.05, 3.63) is 107 Å². The summed E-state index contributed by atoms with van der Waals surface area (Å²) in [5, 5.41) is 11.6. The van der Waals surface area contributed by atoms with Crippen molar-refractivity contribution in [1.82, 2.24) is 4.90 Å². The Labute approximate surface area is 186 Å². The molecule has 6 heteroatoms. The Hall–Kier alpha value is -2.60. The maximum absolute atomic E-state index is 13.4. The molecular formula is C25H24ClF2NO2. The molecule has 31 heavy (non-hydrogen) atoms. The summed E-state index contributed by atoms with van der Waals surface area (Å²) in [5.41, 5.74) is 0.566. The summed E-state index contributed by atoms with van der Waals surface area (Å²) < 4.78 is 26.8. The first-order chi connectivity index (χ1) is 14.5. The van der Waals surface area contributed by atoms with Gasteiger partial charge in [-0.3, -0.25) is 9.69 Å². The lowest BCUT2D eigenvalue weighted by atomic mass is 9.72. The summed E-state index contributed by atoms with van der Waals surface area (Å²) >= 11 is 0. The molecule has 0 radical (unpaired) electrons. The van der Waals surface area contributed by atoms with Crippen LogP contribution < -0.4 is 0 Å². The maximum Gasteiger partial charge on any atom is 0.170 e. The second kappa shape index (κ2) is 9.69. The fourth-order valence-electron chi connectivity index (χ4n) is 4.19. The van der Waals surface area contributed by atoms with Gasteiger partial charge in [-0.2, -0.15) is 0 Å². The summed E-state index contributed by atoms with van der Waals surface area (Å²) in [5.74, 6) is -1.83. The highest BCUT2D eigenvalue weighted by atomic mass is 35.5. The molecule has 1 fully saturated rings. The van der Waals surface area contributed by atoms with Crippen LogP contribution in [0.5, 0.6) is 0 Å². The highest BCUT2D eigenvalue weighted by molar-refractivity contribution is 5.99.